The van der Waals surface area contributed by atoms with Gasteiger partial charge in [0.15, 0.2) is 18.9 Å². The fourth-order valence-corrected chi connectivity index (χ4v) is 4.16. The quantitative estimate of drug-likeness (QED) is 0.157. The molecule has 9 N–H and O–H groups in total. The monoisotopic (exact) mass is 502 g/mol. The predicted molar refractivity (Wildman–Crippen MR) is 105 cm³/mol. The maximum Gasteiger partial charge on any atom is 0.187 e. The molecule has 0 aliphatic carbocycles. The van der Waals surface area contributed by atoms with Crippen LogP contribution in [0.25, 0.3) is 0 Å². The average Bonchev–Trinajstić information content (AvgIpc) is 2.83. The van der Waals surface area contributed by atoms with Crippen LogP contribution in [0.2, 0.25) is 0 Å². The molecule has 0 aromatic heterocycles. The summed E-state index contributed by atoms with van der Waals surface area (Å²) < 4.78 is 32.7. The molecular weight excluding hydrogens is 468 g/mol. The SMILES string of the molecule is COC1OC(CO)[C@H](OC2OC(CO)[C@H](O)[C@H](O)[C@@H]2O)[C@H](O)[C@@H]1OC1OC(C)C(O)C(O)[C@@H]1O. The van der Waals surface area contributed by atoms with Crippen molar-refractivity contribution >= 4 is 0 Å². The van der Waals surface area contributed by atoms with Crippen molar-refractivity contribution in [3.05, 3.63) is 0 Å². The van der Waals surface area contributed by atoms with Crippen LogP contribution in [-0.2, 0) is 28.4 Å². The largest absolute Gasteiger partial charge is 0.394 e. The minimum absolute atomic E-state index is 0.684. The highest BCUT2D eigenvalue weighted by Gasteiger charge is 2.53. The molecule has 0 saturated carbocycles. The molecular formula is C19H34O15. The highest BCUT2D eigenvalue weighted by Crippen LogP contribution is 2.32. The standard InChI is InChI=1S/C19H34O15/c1-5-8(22)10(24)12(26)17(30-5)34-16-14(28)15(7(4-21)32-19(16)29-2)33-18-13(27)11(25)9(23)6(3-20)31-18/h5-28H,3-4H2,1-2H3/t5?,6?,7?,8?,9-,10?,11-,12-,13-,14-,15-,16-,17?,18?,19?/m0/s1. The van der Waals surface area contributed by atoms with Crippen molar-refractivity contribution in [1.82, 2.24) is 0 Å². The van der Waals surface area contributed by atoms with Crippen LogP contribution in [0.5, 0.6) is 0 Å². The van der Waals surface area contributed by atoms with E-state index in [0.29, 0.717) is 0 Å². The van der Waals surface area contributed by atoms with Crippen molar-refractivity contribution < 1.29 is 74.4 Å². The van der Waals surface area contributed by atoms with Crippen LogP contribution in [0.15, 0.2) is 0 Å². The zero-order chi connectivity index (χ0) is 25.3. The number of hydrogen-bond donors (Lipinski definition) is 9. The number of methoxy groups -OCH3 is 1. The van der Waals surface area contributed by atoms with E-state index in [9.17, 15) is 46.0 Å². The fraction of sp³-hybridized carbons (Fsp3) is 1.00. The Hall–Kier alpha value is -0.600. The van der Waals surface area contributed by atoms with E-state index >= 15 is 0 Å². The molecule has 0 spiro atoms. The second-order valence-electron chi connectivity index (χ2n) is 8.53. The van der Waals surface area contributed by atoms with Gasteiger partial charge in [-0.2, -0.15) is 0 Å². The Kier molecular flexibility index (Phi) is 9.57. The zero-order valence-corrected chi connectivity index (χ0v) is 18.5. The lowest BCUT2D eigenvalue weighted by molar-refractivity contribution is -0.383. The molecule has 0 amide bonds. The molecule has 3 rings (SSSR count). The smallest absolute Gasteiger partial charge is 0.187 e. The van der Waals surface area contributed by atoms with Gasteiger partial charge in [0, 0.05) is 7.11 Å². The van der Waals surface area contributed by atoms with Crippen LogP contribution in [-0.4, -0.2) is 158 Å². The first-order valence-corrected chi connectivity index (χ1v) is 10.8. The molecule has 200 valence electrons. The van der Waals surface area contributed by atoms with Crippen molar-refractivity contribution in [2.45, 2.75) is 99.0 Å². The van der Waals surface area contributed by atoms with Crippen LogP contribution >= 0.6 is 0 Å². The third-order valence-corrected chi connectivity index (χ3v) is 6.27. The second kappa shape index (κ2) is 11.6. The Labute approximate surface area is 194 Å². The average molecular weight is 502 g/mol. The Morgan fingerprint density at radius 2 is 1.06 bits per heavy atom. The predicted octanol–water partition coefficient (Wildman–Crippen LogP) is -5.89. The lowest BCUT2D eigenvalue weighted by Gasteiger charge is -2.48. The van der Waals surface area contributed by atoms with Crippen LogP contribution in [0.3, 0.4) is 0 Å². The molecule has 0 aromatic rings. The summed E-state index contributed by atoms with van der Waals surface area (Å²) in [5, 5.41) is 90.4. The lowest BCUT2D eigenvalue weighted by atomic mass is 9.96. The highest BCUT2D eigenvalue weighted by atomic mass is 16.8. The van der Waals surface area contributed by atoms with E-state index in [0.717, 1.165) is 0 Å². The Morgan fingerprint density at radius 3 is 1.62 bits per heavy atom. The topological polar surface area (TPSA) is 237 Å². The van der Waals surface area contributed by atoms with Crippen molar-refractivity contribution in [2.75, 3.05) is 20.3 Å². The van der Waals surface area contributed by atoms with Gasteiger partial charge in [-0.1, -0.05) is 0 Å². The Bertz CT molecular complexity index is 639. The summed E-state index contributed by atoms with van der Waals surface area (Å²) in [4.78, 5) is 0. The van der Waals surface area contributed by atoms with E-state index < -0.39 is 105 Å². The van der Waals surface area contributed by atoms with Crippen LogP contribution in [0.4, 0.5) is 0 Å². The summed E-state index contributed by atoms with van der Waals surface area (Å²) >= 11 is 0. The molecule has 3 aliphatic rings. The van der Waals surface area contributed by atoms with Gasteiger partial charge in [-0.15, -0.1) is 0 Å². The molecule has 3 aliphatic heterocycles. The summed E-state index contributed by atoms with van der Waals surface area (Å²) in [6, 6.07) is 0. The maximum absolute atomic E-state index is 11.0. The third-order valence-electron chi connectivity index (χ3n) is 6.27. The molecule has 15 nitrogen and oxygen atoms in total. The molecule has 3 fully saturated rings. The van der Waals surface area contributed by atoms with E-state index in [1.807, 2.05) is 0 Å². The van der Waals surface area contributed by atoms with Crippen LogP contribution in [0, 0.1) is 0 Å². The number of aliphatic hydroxyl groups is 9. The van der Waals surface area contributed by atoms with Gasteiger partial charge >= 0.3 is 0 Å². The van der Waals surface area contributed by atoms with E-state index in [1.165, 1.54) is 14.0 Å². The molecule has 3 heterocycles. The first-order valence-electron chi connectivity index (χ1n) is 10.8. The molecule has 0 bridgehead atoms. The van der Waals surface area contributed by atoms with Crippen molar-refractivity contribution in [1.29, 1.82) is 0 Å². The molecule has 0 radical (unpaired) electrons. The van der Waals surface area contributed by atoms with Crippen molar-refractivity contribution in [3.8, 4) is 0 Å². The van der Waals surface area contributed by atoms with E-state index in [4.69, 9.17) is 28.4 Å². The molecule has 0 aromatic carbocycles. The second-order valence-corrected chi connectivity index (χ2v) is 8.53. The van der Waals surface area contributed by atoms with Crippen LogP contribution in [0.1, 0.15) is 6.92 Å². The normalized spacial score (nSPS) is 52.5. The molecule has 34 heavy (non-hydrogen) atoms. The van der Waals surface area contributed by atoms with Gasteiger partial charge in [-0.05, 0) is 6.92 Å². The van der Waals surface area contributed by atoms with Gasteiger partial charge in [0.1, 0.15) is 67.1 Å². The summed E-state index contributed by atoms with van der Waals surface area (Å²) in [6.07, 6.45) is -22.4. The van der Waals surface area contributed by atoms with Crippen molar-refractivity contribution in [2.24, 2.45) is 0 Å². The number of rotatable bonds is 7. The van der Waals surface area contributed by atoms with Crippen molar-refractivity contribution in [3.63, 3.8) is 0 Å². The fourth-order valence-electron chi connectivity index (χ4n) is 4.16. The first kappa shape index (κ1) is 28.0. The zero-order valence-electron chi connectivity index (χ0n) is 18.5. The van der Waals surface area contributed by atoms with Gasteiger partial charge in [-0.25, -0.2) is 0 Å². The van der Waals surface area contributed by atoms with E-state index in [2.05, 4.69) is 0 Å². The number of hydrogen-bond acceptors (Lipinski definition) is 15. The number of ether oxygens (including phenoxy) is 6. The van der Waals surface area contributed by atoms with Gasteiger partial charge in [0.05, 0.1) is 19.3 Å². The van der Waals surface area contributed by atoms with Gasteiger partial charge in [0.2, 0.25) is 0 Å². The highest BCUT2D eigenvalue weighted by molar-refractivity contribution is 4.96. The number of aliphatic hydroxyl groups excluding tert-OH is 9. The maximum atomic E-state index is 11.0. The summed E-state index contributed by atoms with van der Waals surface area (Å²) in [6.45, 7) is 0.0412. The van der Waals surface area contributed by atoms with Gasteiger partial charge in [-0.3, -0.25) is 0 Å². The third kappa shape index (κ3) is 5.39. The molecule has 15 atom stereocenters. The van der Waals surface area contributed by atoms with E-state index in [1.54, 1.807) is 0 Å². The van der Waals surface area contributed by atoms with Gasteiger partial charge in [0.25, 0.3) is 0 Å². The van der Waals surface area contributed by atoms with E-state index in [-0.39, 0.29) is 0 Å². The molecule has 15 heteroatoms. The van der Waals surface area contributed by atoms with Gasteiger partial charge < -0.3 is 74.4 Å². The molecule has 8 unspecified atom stereocenters. The lowest BCUT2D eigenvalue weighted by Crippen LogP contribution is -2.66. The van der Waals surface area contributed by atoms with Crippen LogP contribution < -0.4 is 0 Å². The summed E-state index contributed by atoms with van der Waals surface area (Å²) in [7, 11) is 1.22. The minimum atomic E-state index is -1.79. The summed E-state index contributed by atoms with van der Waals surface area (Å²) in [5.41, 5.74) is 0. The Morgan fingerprint density at radius 1 is 0.559 bits per heavy atom. The Balaban J connectivity index is 1.78. The summed E-state index contributed by atoms with van der Waals surface area (Å²) in [5.74, 6) is 0. The first-order chi connectivity index (χ1) is 16.0. The minimum Gasteiger partial charge on any atom is -0.394 e. The molecule has 3 saturated heterocycles.